The van der Waals surface area contributed by atoms with E-state index in [1.54, 1.807) is 25.6 Å². The van der Waals surface area contributed by atoms with E-state index in [-0.39, 0.29) is 0 Å². The number of hydrogen-bond acceptors (Lipinski definition) is 4. The van der Waals surface area contributed by atoms with Crippen molar-refractivity contribution in [2.24, 2.45) is 5.41 Å². The van der Waals surface area contributed by atoms with E-state index >= 15 is 0 Å². The minimum Gasteiger partial charge on any atom is -0.487 e. The Balaban J connectivity index is 1.38. The van der Waals surface area contributed by atoms with Gasteiger partial charge in [0, 0.05) is 57.0 Å². The van der Waals surface area contributed by atoms with Crippen LogP contribution < -0.4 is 4.74 Å². The predicted molar refractivity (Wildman–Crippen MR) is 171 cm³/mol. The van der Waals surface area contributed by atoms with Crippen LogP contribution in [-0.4, -0.2) is 26.4 Å². The van der Waals surface area contributed by atoms with Gasteiger partial charge in [0.2, 0.25) is 0 Å². The average Bonchev–Trinajstić information content (AvgIpc) is 3.12. The lowest BCUT2D eigenvalue weighted by Gasteiger charge is -2.22. The van der Waals surface area contributed by atoms with Crippen LogP contribution in [0.2, 0.25) is 5.02 Å². The van der Waals surface area contributed by atoms with Gasteiger partial charge >= 0.3 is 5.97 Å². The van der Waals surface area contributed by atoms with Gasteiger partial charge < -0.3 is 14.4 Å². The normalized spacial score (nSPS) is 12.8. The Kier molecular flexibility index (Phi) is 7.84. The van der Waals surface area contributed by atoms with Gasteiger partial charge in [0.25, 0.3) is 0 Å². The summed E-state index contributed by atoms with van der Waals surface area (Å²) in [4.78, 5) is 18.0. The number of aliphatic carboxylic acids is 1. The summed E-state index contributed by atoms with van der Waals surface area (Å²) >= 11 is 7.91. The quantitative estimate of drug-likeness (QED) is 0.185. The van der Waals surface area contributed by atoms with Crippen LogP contribution in [0.15, 0.2) is 96.0 Å². The number of pyridine rings is 1. The van der Waals surface area contributed by atoms with Gasteiger partial charge in [-0.1, -0.05) is 72.3 Å². The number of carbonyl (C=O) groups is 1. The first-order valence-electron chi connectivity index (χ1n) is 13.9. The first-order chi connectivity index (χ1) is 20.3. The summed E-state index contributed by atoms with van der Waals surface area (Å²) in [5, 5.41) is 11.8. The molecule has 1 aliphatic rings. The Hall–Kier alpha value is -4.00. The molecule has 0 radical (unpaired) electrons. The molecule has 0 aliphatic carbocycles. The maximum atomic E-state index is 12.2. The molecule has 7 heteroatoms. The third-order valence-corrected chi connectivity index (χ3v) is 8.99. The SMILES string of the molecule is CC(C)(Cc1c2c3c(c(OCc4ccc(-c5ccccc5)cn4)ccc3n1Cc1ccc(Cl)cc1)C=CCS2)C(=O)O. The fourth-order valence-corrected chi connectivity index (χ4v) is 6.49. The number of nitrogens with zero attached hydrogens (tertiary/aromatic N) is 2. The molecule has 1 N–H and O–H groups in total. The number of benzene rings is 3. The van der Waals surface area contributed by atoms with Crippen molar-refractivity contribution in [3.63, 3.8) is 0 Å². The Labute approximate surface area is 254 Å². The molecule has 0 saturated carbocycles. The molecular formula is C35H31ClN2O3S. The number of halogens is 1. The highest BCUT2D eigenvalue weighted by Gasteiger charge is 2.32. The fraction of sp³-hybridized carbons (Fsp3) is 0.200. The molecule has 5 nitrogen and oxygen atoms in total. The van der Waals surface area contributed by atoms with Gasteiger partial charge in [-0.25, -0.2) is 0 Å². The molecule has 0 fully saturated rings. The van der Waals surface area contributed by atoms with Crippen LogP contribution in [0.25, 0.3) is 28.1 Å². The topological polar surface area (TPSA) is 64.4 Å². The second-order valence-corrected chi connectivity index (χ2v) is 12.6. The molecule has 0 saturated heterocycles. The lowest BCUT2D eigenvalue weighted by Crippen LogP contribution is -2.27. The molecule has 212 valence electrons. The summed E-state index contributed by atoms with van der Waals surface area (Å²) in [7, 11) is 0. The van der Waals surface area contributed by atoms with Crippen LogP contribution in [0.3, 0.4) is 0 Å². The molecule has 0 amide bonds. The monoisotopic (exact) mass is 594 g/mol. The van der Waals surface area contributed by atoms with Gasteiger partial charge in [-0.2, -0.15) is 0 Å². The van der Waals surface area contributed by atoms with Crippen molar-refractivity contribution >= 4 is 46.3 Å². The molecular weight excluding hydrogens is 564 g/mol. The van der Waals surface area contributed by atoms with Crippen molar-refractivity contribution in [1.82, 2.24) is 9.55 Å². The standard InChI is InChI=1S/C35H31ClN2O3S/c1-35(2,34(39)40)19-30-33-32-28(9-6-18-42-33)31(17-16-29(32)38(30)21-23-10-13-26(36)14-11-23)41-22-27-15-12-25(20-37-27)24-7-4-3-5-8-24/h3-17,20H,18-19,21-22H2,1-2H3,(H,39,40). The van der Waals surface area contributed by atoms with E-state index in [0.717, 1.165) is 60.9 Å². The van der Waals surface area contributed by atoms with Gasteiger partial charge in [0.1, 0.15) is 12.4 Å². The zero-order valence-corrected chi connectivity index (χ0v) is 25.1. The molecule has 2 aromatic heterocycles. The summed E-state index contributed by atoms with van der Waals surface area (Å²) in [6, 6.07) is 26.2. The van der Waals surface area contributed by atoms with E-state index in [1.807, 2.05) is 60.8 Å². The Bertz CT molecular complexity index is 1780. The molecule has 5 aromatic rings. The van der Waals surface area contributed by atoms with Gasteiger partial charge in [-0.3, -0.25) is 9.78 Å². The number of aromatic nitrogens is 2. The Morgan fingerprint density at radius 3 is 2.52 bits per heavy atom. The first-order valence-corrected chi connectivity index (χ1v) is 15.2. The number of ether oxygens (including phenoxy) is 1. The highest BCUT2D eigenvalue weighted by molar-refractivity contribution is 7.99. The Morgan fingerprint density at radius 1 is 1.02 bits per heavy atom. The smallest absolute Gasteiger partial charge is 0.309 e. The molecule has 1 aliphatic heterocycles. The van der Waals surface area contributed by atoms with Gasteiger partial charge in [-0.15, -0.1) is 11.8 Å². The van der Waals surface area contributed by atoms with Gasteiger partial charge in [-0.05, 0) is 55.3 Å². The minimum absolute atomic E-state index is 0.342. The van der Waals surface area contributed by atoms with Crippen LogP contribution in [-0.2, 0) is 24.4 Å². The van der Waals surface area contributed by atoms with Crippen molar-refractivity contribution in [1.29, 1.82) is 0 Å². The van der Waals surface area contributed by atoms with Crippen LogP contribution in [0.5, 0.6) is 5.75 Å². The molecule has 0 unspecified atom stereocenters. The lowest BCUT2D eigenvalue weighted by molar-refractivity contribution is -0.146. The van der Waals surface area contributed by atoms with E-state index in [2.05, 4.69) is 46.0 Å². The van der Waals surface area contributed by atoms with Crippen molar-refractivity contribution in [3.05, 3.63) is 119 Å². The highest BCUT2D eigenvalue weighted by atomic mass is 35.5. The second kappa shape index (κ2) is 11.7. The fourth-order valence-electron chi connectivity index (χ4n) is 5.29. The molecule has 3 heterocycles. The number of rotatable bonds is 9. The van der Waals surface area contributed by atoms with Crippen molar-refractivity contribution in [2.75, 3.05) is 5.75 Å². The predicted octanol–water partition coefficient (Wildman–Crippen LogP) is 8.76. The van der Waals surface area contributed by atoms with Crippen LogP contribution in [0.4, 0.5) is 0 Å². The third-order valence-electron chi connectivity index (χ3n) is 7.65. The largest absolute Gasteiger partial charge is 0.487 e. The van der Waals surface area contributed by atoms with E-state index < -0.39 is 11.4 Å². The summed E-state index contributed by atoms with van der Waals surface area (Å²) in [6.07, 6.45) is 6.56. The van der Waals surface area contributed by atoms with E-state index in [1.165, 1.54) is 0 Å². The Morgan fingerprint density at radius 2 is 1.81 bits per heavy atom. The van der Waals surface area contributed by atoms with Crippen molar-refractivity contribution in [2.45, 2.75) is 38.3 Å². The summed E-state index contributed by atoms with van der Waals surface area (Å²) < 4.78 is 8.66. The molecule has 42 heavy (non-hydrogen) atoms. The van der Waals surface area contributed by atoms with E-state index in [9.17, 15) is 9.90 Å². The van der Waals surface area contributed by atoms with Gasteiger partial charge in [0.05, 0.1) is 16.6 Å². The number of carboxylic acids is 1. The molecule has 0 atom stereocenters. The zero-order chi connectivity index (χ0) is 29.3. The maximum Gasteiger partial charge on any atom is 0.309 e. The highest BCUT2D eigenvalue weighted by Crippen LogP contribution is 2.44. The zero-order valence-electron chi connectivity index (χ0n) is 23.5. The minimum atomic E-state index is -0.931. The van der Waals surface area contributed by atoms with Gasteiger partial charge in [0.15, 0.2) is 0 Å². The number of carboxylic acid groups (broad SMARTS) is 1. The summed E-state index contributed by atoms with van der Waals surface area (Å²) in [5.74, 6) is 0.755. The van der Waals surface area contributed by atoms with Crippen LogP contribution in [0.1, 0.15) is 36.4 Å². The molecule has 6 rings (SSSR count). The second-order valence-electron chi connectivity index (χ2n) is 11.1. The lowest BCUT2D eigenvalue weighted by atomic mass is 9.88. The molecule has 0 bridgehead atoms. The third kappa shape index (κ3) is 5.69. The number of hydrogen-bond donors (Lipinski definition) is 1. The summed E-state index contributed by atoms with van der Waals surface area (Å²) in [5.41, 5.74) is 6.30. The average molecular weight is 595 g/mol. The van der Waals surface area contributed by atoms with Crippen molar-refractivity contribution in [3.8, 4) is 16.9 Å². The summed E-state index contributed by atoms with van der Waals surface area (Å²) in [6.45, 7) is 4.53. The first kappa shape index (κ1) is 28.1. The molecule has 0 spiro atoms. The number of thioether (sulfide) groups is 1. The van der Waals surface area contributed by atoms with Crippen LogP contribution >= 0.6 is 23.4 Å². The van der Waals surface area contributed by atoms with Crippen molar-refractivity contribution < 1.29 is 14.6 Å². The van der Waals surface area contributed by atoms with E-state index in [4.69, 9.17) is 16.3 Å². The maximum absolute atomic E-state index is 12.2. The molecule has 3 aromatic carbocycles. The van der Waals surface area contributed by atoms with E-state index in [0.29, 0.717) is 24.6 Å². The van der Waals surface area contributed by atoms with Crippen LogP contribution in [0, 0.1) is 5.41 Å².